The van der Waals surface area contributed by atoms with Crippen LogP contribution in [0.1, 0.15) is 34.0 Å². The second-order valence-electron chi connectivity index (χ2n) is 7.62. The molecule has 0 fully saturated rings. The number of fused-ring (bicyclic) bond motifs is 3. The van der Waals surface area contributed by atoms with E-state index in [9.17, 15) is 4.39 Å². The number of H-pyrrole nitrogens is 1. The molecule has 3 heterocycles. The average Bonchev–Trinajstić information content (AvgIpc) is 3.11. The minimum atomic E-state index is -0.357. The maximum atomic E-state index is 14.9. The van der Waals surface area contributed by atoms with Crippen molar-refractivity contribution in [2.75, 3.05) is 11.4 Å². The quantitative estimate of drug-likeness (QED) is 0.476. The van der Waals surface area contributed by atoms with Gasteiger partial charge in [-0.3, -0.25) is 0 Å². The van der Waals surface area contributed by atoms with Crippen molar-refractivity contribution in [1.82, 2.24) is 15.0 Å². The summed E-state index contributed by atoms with van der Waals surface area (Å²) in [4.78, 5) is 14.8. The van der Waals surface area contributed by atoms with E-state index in [1.54, 1.807) is 6.07 Å². The lowest BCUT2D eigenvalue weighted by atomic mass is 9.92. The normalized spacial score (nSPS) is 16.3. The van der Waals surface area contributed by atoms with Crippen molar-refractivity contribution in [3.05, 3.63) is 87.6 Å². The highest BCUT2D eigenvalue weighted by atomic mass is 35.5. The lowest BCUT2D eigenvalue weighted by molar-refractivity contribution is 0.619. The Kier molecular flexibility index (Phi) is 4.28. The lowest BCUT2D eigenvalue weighted by Gasteiger charge is -2.36. The van der Waals surface area contributed by atoms with Crippen LogP contribution in [0.4, 0.5) is 10.3 Å². The van der Waals surface area contributed by atoms with Crippen LogP contribution >= 0.6 is 11.6 Å². The van der Waals surface area contributed by atoms with Gasteiger partial charge in [-0.05, 0) is 49.1 Å². The van der Waals surface area contributed by atoms with Crippen LogP contribution in [-0.2, 0) is 6.42 Å². The fourth-order valence-corrected chi connectivity index (χ4v) is 4.32. The van der Waals surface area contributed by atoms with E-state index in [-0.39, 0.29) is 16.9 Å². The highest BCUT2D eigenvalue weighted by Gasteiger charge is 2.34. The third-order valence-corrected chi connectivity index (χ3v) is 5.89. The Morgan fingerprint density at radius 3 is 2.48 bits per heavy atom. The molecule has 4 nitrogen and oxygen atoms in total. The van der Waals surface area contributed by atoms with E-state index in [1.807, 2.05) is 25.4 Å². The Balaban J connectivity index is 1.73. The van der Waals surface area contributed by atoms with Gasteiger partial charge >= 0.3 is 0 Å². The van der Waals surface area contributed by atoms with Crippen molar-refractivity contribution in [3.8, 4) is 0 Å². The van der Waals surface area contributed by atoms with Gasteiger partial charge in [-0.1, -0.05) is 41.4 Å². The maximum absolute atomic E-state index is 14.9. The Bertz CT molecular complexity index is 1200. The predicted molar refractivity (Wildman–Crippen MR) is 114 cm³/mol. The van der Waals surface area contributed by atoms with Gasteiger partial charge in [0.1, 0.15) is 0 Å². The van der Waals surface area contributed by atoms with Crippen molar-refractivity contribution in [2.45, 2.75) is 26.3 Å². The van der Waals surface area contributed by atoms with E-state index in [0.29, 0.717) is 24.3 Å². The SMILES string of the molecule is Cc1ccc(C2c3[nH]c4ccc(Cl)c(F)c4c3CCN2c2ncc(C)cn2)cc1. The summed E-state index contributed by atoms with van der Waals surface area (Å²) in [6.07, 6.45) is 4.34. The number of aryl methyl sites for hydroxylation is 2. The number of hydrogen-bond donors (Lipinski definition) is 1. The molecule has 146 valence electrons. The number of aromatic amines is 1. The molecule has 0 bridgehead atoms. The molecule has 6 heteroatoms. The van der Waals surface area contributed by atoms with Crippen molar-refractivity contribution >= 4 is 28.5 Å². The molecule has 0 radical (unpaired) electrons. The highest BCUT2D eigenvalue weighted by Crippen LogP contribution is 2.41. The van der Waals surface area contributed by atoms with Gasteiger partial charge in [0.05, 0.1) is 11.1 Å². The monoisotopic (exact) mass is 406 g/mol. The molecule has 2 aromatic heterocycles. The van der Waals surface area contributed by atoms with Crippen LogP contribution in [-0.4, -0.2) is 21.5 Å². The minimum Gasteiger partial charge on any atom is -0.356 e. The molecule has 1 N–H and O–H groups in total. The van der Waals surface area contributed by atoms with Gasteiger partial charge in [-0.2, -0.15) is 0 Å². The van der Waals surface area contributed by atoms with Crippen LogP contribution in [0, 0.1) is 19.7 Å². The summed E-state index contributed by atoms with van der Waals surface area (Å²) in [5.74, 6) is 0.313. The zero-order valence-electron chi connectivity index (χ0n) is 16.2. The fourth-order valence-electron chi connectivity index (χ4n) is 4.16. The molecular formula is C23H20ClFN4. The zero-order valence-corrected chi connectivity index (χ0v) is 17.0. The Morgan fingerprint density at radius 1 is 1.03 bits per heavy atom. The molecule has 0 aliphatic carbocycles. The molecule has 1 atom stereocenters. The number of anilines is 1. The number of benzene rings is 2. The number of nitrogens with zero attached hydrogens (tertiary/aromatic N) is 3. The van der Waals surface area contributed by atoms with Gasteiger partial charge in [-0.25, -0.2) is 14.4 Å². The first-order chi connectivity index (χ1) is 14.0. The summed E-state index contributed by atoms with van der Waals surface area (Å²) in [6, 6.07) is 11.7. The van der Waals surface area contributed by atoms with E-state index in [0.717, 1.165) is 27.9 Å². The highest BCUT2D eigenvalue weighted by molar-refractivity contribution is 6.31. The molecule has 4 aromatic rings. The van der Waals surface area contributed by atoms with Crippen molar-refractivity contribution in [1.29, 1.82) is 0 Å². The van der Waals surface area contributed by atoms with E-state index in [1.165, 1.54) is 5.56 Å². The summed E-state index contributed by atoms with van der Waals surface area (Å²) in [7, 11) is 0. The first kappa shape index (κ1) is 18.1. The average molecular weight is 407 g/mol. The van der Waals surface area contributed by atoms with Gasteiger partial charge in [0.15, 0.2) is 5.82 Å². The standard InChI is InChI=1S/C23H20ClFN4/c1-13-3-5-15(6-4-13)22-21-16(19-18(28-21)8-7-17(24)20(19)25)9-10-29(22)23-26-11-14(2)12-27-23/h3-8,11-12,22,28H,9-10H2,1-2H3. The second kappa shape index (κ2) is 6.85. The van der Waals surface area contributed by atoms with Crippen LogP contribution in [0.15, 0.2) is 48.8 Å². The predicted octanol–water partition coefficient (Wildman–Crippen LogP) is 5.52. The van der Waals surface area contributed by atoms with Gasteiger partial charge in [0.25, 0.3) is 0 Å². The molecule has 5 rings (SSSR count). The summed E-state index contributed by atoms with van der Waals surface area (Å²) in [6.45, 7) is 4.73. The van der Waals surface area contributed by atoms with E-state index in [4.69, 9.17) is 11.6 Å². The third kappa shape index (κ3) is 2.97. The Hall–Kier alpha value is -2.92. The molecule has 2 aromatic carbocycles. The minimum absolute atomic E-state index is 0.132. The van der Waals surface area contributed by atoms with Crippen LogP contribution in [0.3, 0.4) is 0 Å². The van der Waals surface area contributed by atoms with Crippen molar-refractivity contribution in [3.63, 3.8) is 0 Å². The second-order valence-corrected chi connectivity index (χ2v) is 8.03. The number of hydrogen-bond acceptors (Lipinski definition) is 3. The maximum Gasteiger partial charge on any atom is 0.226 e. The molecule has 0 spiro atoms. The van der Waals surface area contributed by atoms with E-state index < -0.39 is 0 Å². The summed E-state index contributed by atoms with van der Waals surface area (Å²) < 4.78 is 14.9. The number of nitrogens with one attached hydrogen (secondary N) is 1. The molecule has 0 amide bonds. The molecule has 1 unspecified atom stereocenters. The van der Waals surface area contributed by atoms with Crippen LogP contribution in [0.25, 0.3) is 10.9 Å². The molecule has 29 heavy (non-hydrogen) atoms. The number of aromatic nitrogens is 3. The van der Waals surface area contributed by atoms with Crippen LogP contribution in [0.5, 0.6) is 0 Å². The number of rotatable bonds is 2. The first-order valence-corrected chi connectivity index (χ1v) is 10.0. The third-order valence-electron chi connectivity index (χ3n) is 5.60. The van der Waals surface area contributed by atoms with Crippen LogP contribution < -0.4 is 4.90 Å². The summed E-state index contributed by atoms with van der Waals surface area (Å²) >= 11 is 6.08. The Labute approximate surface area is 173 Å². The lowest BCUT2D eigenvalue weighted by Crippen LogP contribution is -2.37. The van der Waals surface area contributed by atoms with Crippen molar-refractivity contribution < 1.29 is 4.39 Å². The number of halogens is 2. The van der Waals surface area contributed by atoms with E-state index >= 15 is 0 Å². The first-order valence-electron chi connectivity index (χ1n) is 9.63. The smallest absolute Gasteiger partial charge is 0.226 e. The van der Waals surface area contributed by atoms with E-state index in [2.05, 4.69) is 51.0 Å². The molecule has 0 saturated carbocycles. The molecule has 1 aliphatic heterocycles. The van der Waals surface area contributed by atoms with Gasteiger partial charge in [0.2, 0.25) is 5.95 Å². The van der Waals surface area contributed by atoms with Gasteiger partial charge < -0.3 is 9.88 Å². The molecule has 1 aliphatic rings. The molecular weight excluding hydrogens is 387 g/mol. The zero-order chi connectivity index (χ0) is 20.1. The topological polar surface area (TPSA) is 44.8 Å². The Morgan fingerprint density at radius 2 is 1.76 bits per heavy atom. The molecule has 0 saturated heterocycles. The summed E-state index contributed by atoms with van der Waals surface area (Å²) in [5, 5.41) is 0.740. The van der Waals surface area contributed by atoms with Gasteiger partial charge in [0, 0.05) is 35.5 Å². The fraction of sp³-hybridized carbons (Fsp3) is 0.217. The largest absolute Gasteiger partial charge is 0.356 e. The van der Waals surface area contributed by atoms with Gasteiger partial charge in [-0.15, -0.1) is 0 Å². The van der Waals surface area contributed by atoms with Crippen molar-refractivity contribution in [2.24, 2.45) is 0 Å². The van der Waals surface area contributed by atoms with Crippen LogP contribution in [0.2, 0.25) is 5.02 Å². The summed E-state index contributed by atoms with van der Waals surface area (Å²) in [5.41, 5.74) is 6.03.